The number of hydrazine groups is 1. The summed E-state index contributed by atoms with van der Waals surface area (Å²) in [7, 11) is 3.96. The van der Waals surface area contributed by atoms with E-state index in [2.05, 4.69) is 62.1 Å². The fraction of sp³-hybridized carbons (Fsp3) is 0.393. The number of nitrogens with one attached hydrogen (secondary N) is 2. The number of hydrogen-bond acceptors (Lipinski definition) is 12. The highest BCUT2D eigenvalue weighted by molar-refractivity contribution is 7.15. The normalized spacial score (nSPS) is 31.3. The molecule has 0 saturated carbocycles. The van der Waals surface area contributed by atoms with E-state index in [1.54, 1.807) is 11.3 Å². The molecule has 1 aliphatic carbocycles. The van der Waals surface area contributed by atoms with Crippen molar-refractivity contribution >= 4 is 56.9 Å². The van der Waals surface area contributed by atoms with Crippen LogP contribution in [0.5, 0.6) is 0 Å². The monoisotopic (exact) mass is 591 g/mol. The van der Waals surface area contributed by atoms with Gasteiger partial charge < -0.3 is 19.5 Å². The molecule has 1 aromatic carbocycles. The number of likely N-dealkylation sites (N-methyl/N-ethyl adjacent to an activating group) is 1. The first-order valence-corrected chi connectivity index (χ1v) is 14.7. The first-order chi connectivity index (χ1) is 19.8. The van der Waals surface area contributed by atoms with Crippen LogP contribution in [-0.4, -0.2) is 75.4 Å². The molecular formula is C28H30ClN9O2S. The third-order valence-electron chi connectivity index (χ3n) is 8.04. The number of allylic oxidation sites excluding steroid dienone is 4. The molecule has 6 unspecified atom stereocenters. The van der Waals surface area contributed by atoms with Crippen LogP contribution < -0.4 is 10.6 Å². The molecule has 3 aromatic rings. The lowest BCUT2D eigenvalue weighted by Crippen LogP contribution is -2.50. The van der Waals surface area contributed by atoms with Gasteiger partial charge in [-0.1, -0.05) is 59.4 Å². The predicted octanol–water partition coefficient (Wildman–Crippen LogP) is 4.76. The van der Waals surface area contributed by atoms with Crippen LogP contribution in [0.25, 0.3) is 11.1 Å². The minimum absolute atomic E-state index is 0.126. The zero-order chi connectivity index (χ0) is 28.3. The van der Waals surface area contributed by atoms with Gasteiger partial charge in [0.2, 0.25) is 11.1 Å². The molecule has 11 nitrogen and oxygen atoms in total. The summed E-state index contributed by atoms with van der Waals surface area (Å²) in [6.07, 6.45) is 10.9. The molecule has 0 spiro atoms. The summed E-state index contributed by atoms with van der Waals surface area (Å²) >= 11 is 8.35. The van der Waals surface area contributed by atoms with Crippen molar-refractivity contribution in [3.8, 4) is 0 Å². The minimum atomic E-state index is -0.280. The number of aliphatic imine (C=N–C) groups is 2. The number of ether oxygens (including phenoxy) is 1. The van der Waals surface area contributed by atoms with E-state index in [9.17, 15) is 0 Å². The number of para-hydroxylation sites is 2. The average molecular weight is 592 g/mol. The van der Waals surface area contributed by atoms with E-state index >= 15 is 0 Å². The SMILES string of the molecule is CC1=NC(Nc2nc3ccccc3o2)=NC(C2C(Cl)=CN(C)N2C)C1C1OC1Nc1nnc(C2(C)C=CC=CC2)s1. The van der Waals surface area contributed by atoms with Gasteiger partial charge in [0, 0.05) is 31.4 Å². The zero-order valence-corrected chi connectivity index (χ0v) is 24.6. The van der Waals surface area contributed by atoms with E-state index in [-0.39, 0.29) is 35.7 Å². The van der Waals surface area contributed by atoms with Crippen molar-refractivity contribution in [1.29, 1.82) is 0 Å². The first-order valence-electron chi connectivity index (χ1n) is 13.5. The van der Waals surface area contributed by atoms with Crippen molar-refractivity contribution in [2.75, 3.05) is 24.7 Å². The van der Waals surface area contributed by atoms with Gasteiger partial charge >= 0.3 is 6.01 Å². The number of oxazole rings is 1. The van der Waals surface area contributed by atoms with Gasteiger partial charge in [-0.05, 0) is 32.4 Å². The van der Waals surface area contributed by atoms with Crippen LogP contribution in [-0.2, 0) is 10.2 Å². The molecule has 6 atom stereocenters. The molecule has 0 bridgehead atoms. The van der Waals surface area contributed by atoms with Gasteiger partial charge in [-0.2, -0.15) is 4.98 Å². The van der Waals surface area contributed by atoms with Gasteiger partial charge in [0.05, 0.1) is 23.0 Å². The third-order valence-corrected chi connectivity index (χ3v) is 9.50. The lowest BCUT2D eigenvalue weighted by molar-refractivity contribution is 0.0556. The maximum Gasteiger partial charge on any atom is 0.302 e. The van der Waals surface area contributed by atoms with Crippen LogP contribution in [0.1, 0.15) is 25.3 Å². The summed E-state index contributed by atoms with van der Waals surface area (Å²) < 4.78 is 12.1. The fourth-order valence-corrected chi connectivity index (χ4v) is 6.98. The smallest absolute Gasteiger partial charge is 0.302 e. The molecule has 13 heteroatoms. The van der Waals surface area contributed by atoms with Crippen molar-refractivity contribution in [1.82, 2.24) is 25.2 Å². The van der Waals surface area contributed by atoms with Gasteiger partial charge in [0.25, 0.3) is 0 Å². The summed E-state index contributed by atoms with van der Waals surface area (Å²) in [5.41, 5.74) is 2.18. The molecule has 4 aliphatic rings. The number of aromatic nitrogens is 3. The molecule has 3 aliphatic heterocycles. The molecule has 2 N–H and O–H groups in total. The number of rotatable bonds is 6. The molecular weight excluding hydrogens is 562 g/mol. The Balaban J connectivity index is 1.12. The summed E-state index contributed by atoms with van der Waals surface area (Å²) in [4.78, 5) is 14.4. The average Bonchev–Trinajstić information content (AvgIpc) is 3.22. The summed E-state index contributed by atoms with van der Waals surface area (Å²) in [5.74, 6) is 0.295. The van der Waals surface area contributed by atoms with Crippen LogP contribution in [0.4, 0.5) is 11.1 Å². The van der Waals surface area contributed by atoms with Gasteiger partial charge in [0.1, 0.15) is 16.6 Å². The largest absolute Gasteiger partial charge is 0.423 e. The lowest BCUT2D eigenvalue weighted by atomic mass is 9.85. The second-order valence-corrected chi connectivity index (χ2v) is 12.3. The molecule has 212 valence electrons. The van der Waals surface area contributed by atoms with Crippen LogP contribution >= 0.6 is 22.9 Å². The van der Waals surface area contributed by atoms with Gasteiger partial charge in [0.15, 0.2) is 11.8 Å². The summed E-state index contributed by atoms with van der Waals surface area (Å²) in [6, 6.07) is 7.47. The minimum Gasteiger partial charge on any atom is -0.423 e. The molecule has 0 amide bonds. The highest BCUT2D eigenvalue weighted by atomic mass is 35.5. The Bertz CT molecular complexity index is 1610. The maximum absolute atomic E-state index is 6.79. The maximum atomic E-state index is 6.79. The van der Waals surface area contributed by atoms with E-state index in [0.29, 0.717) is 22.6 Å². The first kappa shape index (κ1) is 26.3. The second kappa shape index (κ2) is 10.1. The Morgan fingerprint density at radius 3 is 2.78 bits per heavy atom. The van der Waals surface area contributed by atoms with Gasteiger partial charge in [-0.25, -0.2) is 15.0 Å². The van der Waals surface area contributed by atoms with Crippen molar-refractivity contribution in [2.24, 2.45) is 15.9 Å². The zero-order valence-electron chi connectivity index (χ0n) is 23.0. The predicted molar refractivity (Wildman–Crippen MR) is 161 cm³/mol. The van der Waals surface area contributed by atoms with Crippen molar-refractivity contribution in [3.63, 3.8) is 0 Å². The molecule has 7 rings (SSSR count). The number of anilines is 2. The number of fused-ring (bicyclic) bond motifs is 1. The van der Waals surface area contributed by atoms with Crippen LogP contribution in [0.15, 0.2) is 74.2 Å². The molecule has 41 heavy (non-hydrogen) atoms. The topological polar surface area (TPSA) is 120 Å². The lowest BCUT2D eigenvalue weighted by Gasteiger charge is -2.36. The van der Waals surface area contributed by atoms with E-state index in [1.807, 2.05) is 56.5 Å². The van der Waals surface area contributed by atoms with Crippen molar-refractivity contribution in [2.45, 2.75) is 50.1 Å². The summed E-state index contributed by atoms with van der Waals surface area (Å²) in [6.45, 7) is 4.18. The fourth-order valence-electron chi connectivity index (χ4n) is 5.66. The highest BCUT2D eigenvalue weighted by Gasteiger charge is 2.54. The highest BCUT2D eigenvalue weighted by Crippen LogP contribution is 2.42. The Kier molecular flexibility index (Phi) is 6.45. The number of nitrogens with zero attached hydrogens (tertiary/aromatic N) is 7. The van der Waals surface area contributed by atoms with Gasteiger partial charge in [-0.3, -0.25) is 5.32 Å². The van der Waals surface area contributed by atoms with E-state index < -0.39 is 0 Å². The van der Waals surface area contributed by atoms with Crippen LogP contribution in [0.3, 0.4) is 0 Å². The molecule has 2 aromatic heterocycles. The van der Waals surface area contributed by atoms with E-state index in [1.165, 1.54) is 0 Å². The molecule has 1 saturated heterocycles. The molecule has 5 heterocycles. The summed E-state index contributed by atoms with van der Waals surface area (Å²) in [5, 5.41) is 21.9. The number of benzene rings is 1. The Labute approximate surface area is 246 Å². The standard InChI is InChI=1S/C28H30ClN9O2S/c1-15-19(22-23(40-22)33-27-36-35-24(41-27)28(2)12-8-5-9-13-28)20(21-16(29)14-37(3)38(21)4)32-25(30-15)34-26-31-17-10-6-7-11-18(17)39-26/h5-12,14,19-23H,13H2,1-4H3,(H,33,36)(H,31,32,34). The Morgan fingerprint density at radius 2 is 2.02 bits per heavy atom. The van der Waals surface area contributed by atoms with Crippen LogP contribution in [0.2, 0.25) is 0 Å². The number of halogens is 1. The Hall–Kier alpha value is -3.58. The number of hydrogen-bond donors (Lipinski definition) is 2. The van der Waals surface area contributed by atoms with Gasteiger partial charge in [-0.15, -0.1) is 10.2 Å². The molecule has 0 radical (unpaired) electrons. The molecule has 1 fully saturated rings. The number of epoxide rings is 1. The quantitative estimate of drug-likeness (QED) is 0.391. The van der Waals surface area contributed by atoms with Crippen molar-refractivity contribution in [3.05, 3.63) is 64.8 Å². The third kappa shape index (κ3) is 4.84. The number of guanidine groups is 1. The second-order valence-electron chi connectivity index (χ2n) is 10.9. The van der Waals surface area contributed by atoms with Crippen molar-refractivity contribution < 1.29 is 9.15 Å². The Morgan fingerprint density at radius 1 is 1.17 bits per heavy atom. The van der Waals surface area contributed by atoms with Crippen LogP contribution in [0, 0.1) is 5.92 Å². The van der Waals surface area contributed by atoms with E-state index in [4.69, 9.17) is 30.7 Å². The van der Waals surface area contributed by atoms with E-state index in [0.717, 1.165) is 27.8 Å².